The number of benzene rings is 2. The number of aryl methyl sites for hydroxylation is 1. The highest BCUT2D eigenvalue weighted by molar-refractivity contribution is 5.87. The van der Waals surface area contributed by atoms with Gasteiger partial charge >= 0.3 is 0 Å². The van der Waals surface area contributed by atoms with E-state index in [0.717, 1.165) is 16.6 Å². The zero-order chi connectivity index (χ0) is 14.3. The predicted molar refractivity (Wildman–Crippen MR) is 82.7 cm³/mol. The maximum Gasteiger partial charge on any atom is 0.227 e. The third kappa shape index (κ3) is 2.16. The molecule has 20 heavy (non-hydrogen) atoms. The van der Waals surface area contributed by atoms with Gasteiger partial charge in [0.2, 0.25) is 5.89 Å². The van der Waals surface area contributed by atoms with E-state index in [-0.39, 0.29) is 0 Å². The number of nitrogens with zero attached hydrogens (tertiary/aromatic N) is 1. The lowest BCUT2D eigenvalue weighted by atomic mass is 10.0. The van der Waals surface area contributed by atoms with Crippen LogP contribution >= 0.6 is 0 Å². The van der Waals surface area contributed by atoms with Gasteiger partial charge in [-0.05, 0) is 48.2 Å². The van der Waals surface area contributed by atoms with Gasteiger partial charge in [-0.25, -0.2) is 4.98 Å². The summed E-state index contributed by atoms with van der Waals surface area (Å²) in [6.45, 7) is 6.36. The number of nitrogens with two attached hydrogens (primary N) is 1. The minimum Gasteiger partial charge on any atom is -0.434 e. The maximum absolute atomic E-state index is 5.98. The summed E-state index contributed by atoms with van der Waals surface area (Å²) in [7, 11) is 0. The minimum atomic E-state index is 0.519. The summed E-state index contributed by atoms with van der Waals surface area (Å²) in [5.41, 5.74) is 11.5. The van der Waals surface area contributed by atoms with Crippen molar-refractivity contribution in [2.75, 3.05) is 5.73 Å². The number of hydrogen-bond acceptors (Lipinski definition) is 3. The van der Waals surface area contributed by atoms with Gasteiger partial charge in [-0.3, -0.25) is 0 Å². The molecule has 0 fully saturated rings. The van der Waals surface area contributed by atoms with E-state index < -0.39 is 0 Å². The minimum absolute atomic E-state index is 0.519. The van der Waals surface area contributed by atoms with Crippen molar-refractivity contribution in [1.29, 1.82) is 0 Å². The second kappa shape index (κ2) is 4.67. The highest BCUT2D eigenvalue weighted by Crippen LogP contribution is 2.29. The molecular weight excluding hydrogens is 248 g/mol. The molecular formula is C17H18N2O. The summed E-state index contributed by atoms with van der Waals surface area (Å²) in [5, 5.41) is 0. The van der Waals surface area contributed by atoms with Crippen molar-refractivity contribution in [1.82, 2.24) is 4.98 Å². The van der Waals surface area contributed by atoms with Crippen molar-refractivity contribution in [3.63, 3.8) is 0 Å². The fourth-order valence-corrected chi connectivity index (χ4v) is 2.34. The van der Waals surface area contributed by atoms with E-state index in [4.69, 9.17) is 10.2 Å². The number of rotatable bonds is 2. The molecule has 0 spiro atoms. The summed E-state index contributed by atoms with van der Waals surface area (Å²) in [6.07, 6.45) is 0. The van der Waals surface area contributed by atoms with Crippen LogP contribution in [0.3, 0.4) is 0 Å². The van der Waals surface area contributed by atoms with Crippen LogP contribution in [0.5, 0.6) is 0 Å². The fraction of sp³-hybridized carbons (Fsp3) is 0.235. The van der Waals surface area contributed by atoms with Crippen molar-refractivity contribution in [3.8, 4) is 11.5 Å². The van der Waals surface area contributed by atoms with Crippen molar-refractivity contribution in [3.05, 3.63) is 47.5 Å². The van der Waals surface area contributed by atoms with Gasteiger partial charge in [0.1, 0.15) is 5.52 Å². The Bertz CT molecular complexity index is 755. The second-order valence-electron chi connectivity index (χ2n) is 5.50. The first-order valence-electron chi connectivity index (χ1n) is 6.81. The molecule has 0 atom stereocenters. The Morgan fingerprint density at radius 3 is 2.45 bits per heavy atom. The summed E-state index contributed by atoms with van der Waals surface area (Å²) < 4.78 is 5.80. The topological polar surface area (TPSA) is 52.0 Å². The zero-order valence-corrected chi connectivity index (χ0v) is 12.0. The SMILES string of the molecule is Cc1cc(N)c2oc(-c3ccc(C(C)C)cc3)nc2c1. The molecule has 2 aromatic carbocycles. The lowest BCUT2D eigenvalue weighted by Crippen LogP contribution is -1.86. The number of anilines is 1. The number of oxazole rings is 1. The standard InChI is InChI=1S/C17H18N2O/c1-10(2)12-4-6-13(7-5-12)17-19-15-9-11(3)8-14(18)16(15)20-17/h4-10H,18H2,1-3H3. The molecule has 0 aliphatic heterocycles. The summed E-state index contributed by atoms with van der Waals surface area (Å²) in [4.78, 5) is 4.53. The molecule has 2 N–H and O–H groups in total. The van der Waals surface area contributed by atoms with E-state index in [2.05, 4.69) is 31.0 Å². The van der Waals surface area contributed by atoms with E-state index >= 15 is 0 Å². The normalized spacial score (nSPS) is 11.4. The van der Waals surface area contributed by atoms with Gasteiger partial charge in [-0.15, -0.1) is 0 Å². The third-order valence-corrected chi connectivity index (χ3v) is 3.49. The fourth-order valence-electron chi connectivity index (χ4n) is 2.34. The van der Waals surface area contributed by atoms with Crippen molar-refractivity contribution >= 4 is 16.8 Å². The van der Waals surface area contributed by atoms with Crippen LogP contribution in [0.4, 0.5) is 5.69 Å². The van der Waals surface area contributed by atoms with Gasteiger partial charge < -0.3 is 10.2 Å². The number of hydrogen-bond donors (Lipinski definition) is 1. The first kappa shape index (κ1) is 12.7. The Balaban J connectivity index is 2.08. The van der Waals surface area contributed by atoms with E-state index in [1.165, 1.54) is 5.56 Å². The third-order valence-electron chi connectivity index (χ3n) is 3.49. The Labute approximate surface area is 118 Å². The van der Waals surface area contributed by atoms with Gasteiger partial charge in [-0.2, -0.15) is 0 Å². The molecule has 0 aliphatic rings. The molecule has 0 aliphatic carbocycles. The molecule has 0 saturated carbocycles. The molecule has 3 aromatic rings. The highest BCUT2D eigenvalue weighted by atomic mass is 16.3. The van der Waals surface area contributed by atoms with Crippen molar-refractivity contribution in [2.24, 2.45) is 0 Å². The molecule has 0 bridgehead atoms. The van der Waals surface area contributed by atoms with Crippen molar-refractivity contribution in [2.45, 2.75) is 26.7 Å². The molecule has 3 rings (SSSR count). The second-order valence-corrected chi connectivity index (χ2v) is 5.50. The van der Waals surface area contributed by atoms with Crippen LogP contribution in [-0.2, 0) is 0 Å². The number of nitrogen functional groups attached to an aromatic ring is 1. The highest BCUT2D eigenvalue weighted by Gasteiger charge is 2.11. The van der Waals surface area contributed by atoms with E-state index in [9.17, 15) is 0 Å². The molecule has 1 aromatic heterocycles. The maximum atomic E-state index is 5.98. The monoisotopic (exact) mass is 266 g/mol. The molecule has 1 heterocycles. The predicted octanol–water partition coefficient (Wildman–Crippen LogP) is 4.51. The lowest BCUT2D eigenvalue weighted by Gasteiger charge is -2.04. The Kier molecular flexibility index (Phi) is 2.97. The molecule has 0 unspecified atom stereocenters. The molecule has 0 amide bonds. The van der Waals surface area contributed by atoms with Gasteiger partial charge in [0.15, 0.2) is 5.58 Å². The molecule has 0 saturated heterocycles. The van der Waals surface area contributed by atoms with Crippen LogP contribution < -0.4 is 5.73 Å². The summed E-state index contributed by atoms with van der Waals surface area (Å²) >= 11 is 0. The van der Waals surface area contributed by atoms with Gasteiger partial charge in [0.05, 0.1) is 5.69 Å². The van der Waals surface area contributed by atoms with Crippen molar-refractivity contribution < 1.29 is 4.42 Å². The smallest absolute Gasteiger partial charge is 0.227 e. The molecule has 3 heteroatoms. The average Bonchev–Trinajstić information content (AvgIpc) is 2.83. The van der Waals surface area contributed by atoms with Crippen LogP contribution in [0.1, 0.15) is 30.9 Å². The Morgan fingerprint density at radius 2 is 1.80 bits per heavy atom. The Morgan fingerprint density at radius 1 is 1.10 bits per heavy atom. The van der Waals surface area contributed by atoms with Crippen LogP contribution in [0.15, 0.2) is 40.8 Å². The molecule has 0 radical (unpaired) electrons. The van der Waals surface area contributed by atoms with E-state index in [0.29, 0.717) is 23.1 Å². The first-order chi connectivity index (χ1) is 9.54. The Hall–Kier alpha value is -2.29. The number of aromatic nitrogens is 1. The first-order valence-corrected chi connectivity index (χ1v) is 6.81. The molecule has 102 valence electrons. The van der Waals surface area contributed by atoms with Gasteiger partial charge in [0.25, 0.3) is 0 Å². The summed E-state index contributed by atoms with van der Waals surface area (Å²) in [6, 6.07) is 12.2. The zero-order valence-electron chi connectivity index (χ0n) is 12.0. The van der Waals surface area contributed by atoms with Crippen LogP contribution in [0.25, 0.3) is 22.6 Å². The lowest BCUT2D eigenvalue weighted by molar-refractivity contribution is 0.621. The largest absolute Gasteiger partial charge is 0.434 e. The van der Waals surface area contributed by atoms with Crippen LogP contribution in [0, 0.1) is 6.92 Å². The van der Waals surface area contributed by atoms with Gasteiger partial charge in [-0.1, -0.05) is 26.0 Å². The quantitative estimate of drug-likeness (QED) is 0.694. The average molecular weight is 266 g/mol. The van der Waals surface area contributed by atoms with E-state index in [1.807, 2.05) is 31.2 Å². The van der Waals surface area contributed by atoms with Crippen LogP contribution in [0.2, 0.25) is 0 Å². The molecule has 3 nitrogen and oxygen atoms in total. The van der Waals surface area contributed by atoms with Gasteiger partial charge in [0, 0.05) is 5.56 Å². The summed E-state index contributed by atoms with van der Waals surface area (Å²) in [5.74, 6) is 1.14. The van der Waals surface area contributed by atoms with E-state index in [1.54, 1.807) is 0 Å². The number of fused-ring (bicyclic) bond motifs is 1. The van der Waals surface area contributed by atoms with Crippen LogP contribution in [-0.4, -0.2) is 4.98 Å².